The first-order chi connectivity index (χ1) is 11.0. The van der Waals surface area contributed by atoms with Gasteiger partial charge in [0, 0.05) is 11.6 Å². The lowest BCUT2D eigenvalue weighted by Crippen LogP contribution is -2.13. The van der Waals surface area contributed by atoms with E-state index in [1.54, 1.807) is 12.1 Å². The van der Waals surface area contributed by atoms with Crippen LogP contribution >= 0.6 is 0 Å². The van der Waals surface area contributed by atoms with Gasteiger partial charge in [-0.3, -0.25) is 4.79 Å². The first-order valence-electron chi connectivity index (χ1n) is 7.21. The fourth-order valence-corrected chi connectivity index (χ4v) is 1.98. The second-order valence-electron chi connectivity index (χ2n) is 4.61. The highest BCUT2D eigenvalue weighted by Gasteiger charge is 2.13. The molecule has 2 aromatic carbocycles. The van der Waals surface area contributed by atoms with Crippen LogP contribution in [0.15, 0.2) is 36.4 Å². The number of carbonyl (C=O) groups excluding carboxylic acids is 1. The number of nitrogens with one attached hydrogen (secondary N) is 1. The van der Waals surface area contributed by atoms with E-state index < -0.39 is 17.5 Å². The number of ether oxygens (including phenoxy) is 2. The van der Waals surface area contributed by atoms with Gasteiger partial charge in [-0.2, -0.15) is 0 Å². The molecule has 0 spiro atoms. The first-order valence-corrected chi connectivity index (χ1v) is 7.21. The average Bonchev–Trinajstić information content (AvgIpc) is 2.52. The lowest BCUT2D eigenvalue weighted by atomic mass is 10.1. The minimum absolute atomic E-state index is 0.0942. The molecule has 6 heteroatoms. The SMILES string of the molecule is CCOc1ccc(C(=O)Nc2ccc(F)cc2F)cc1OCC. The Morgan fingerprint density at radius 1 is 1.00 bits per heavy atom. The summed E-state index contributed by atoms with van der Waals surface area (Å²) >= 11 is 0. The largest absolute Gasteiger partial charge is 0.490 e. The number of halogens is 2. The van der Waals surface area contributed by atoms with Gasteiger partial charge in [-0.15, -0.1) is 0 Å². The molecule has 2 rings (SSSR count). The van der Waals surface area contributed by atoms with Crippen molar-refractivity contribution in [2.75, 3.05) is 18.5 Å². The Balaban J connectivity index is 2.23. The zero-order valence-corrected chi connectivity index (χ0v) is 12.9. The Bertz CT molecular complexity index is 704. The summed E-state index contributed by atoms with van der Waals surface area (Å²) < 4.78 is 37.3. The second kappa shape index (κ2) is 7.58. The minimum Gasteiger partial charge on any atom is -0.490 e. The van der Waals surface area contributed by atoms with Gasteiger partial charge in [0.1, 0.15) is 11.6 Å². The van der Waals surface area contributed by atoms with E-state index in [4.69, 9.17) is 9.47 Å². The van der Waals surface area contributed by atoms with Gasteiger partial charge < -0.3 is 14.8 Å². The summed E-state index contributed by atoms with van der Waals surface area (Å²) in [6.45, 7) is 4.54. The molecule has 4 nitrogen and oxygen atoms in total. The van der Waals surface area contributed by atoms with E-state index in [9.17, 15) is 13.6 Å². The molecule has 2 aromatic rings. The molecule has 0 heterocycles. The Labute approximate surface area is 133 Å². The van der Waals surface area contributed by atoms with Crippen molar-refractivity contribution in [2.24, 2.45) is 0 Å². The normalized spacial score (nSPS) is 10.3. The van der Waals surface area contributed by atoms with Gasteiger partial charge in [0.05, 0.1) is 18.9 Å². The number of amides is 1. The van der Waals surface area contributed by atoms with E-state index in [2.05, 4.69) is 5.32 Å². The Morgan fingerprint density at radius 2 is 1.70 bits per heavy atom. The molecule has 0 saturated carbocycles. The third-order valence-electron chi connectivity index (χ3n) is 2.98. The highest BCUT2D eigenvalue weighted by atomic mass is 19.1. The maximum absolute atomic E-state index is 13.6. The molecular formula is C17H17F2NO3. The smallest absolute Gasteiger partial charge is 0.255 e. The van der Waals surface area contributed by atoms with Crippen LogP contribution in [0.4, 0.5) is 14.5 Å². The third kappa shape index (κ3) is 4.18. The van der Waals surface area contributed by atoms with Gasteiger partial charge >= 0.3 is 0 Å². The highest BCUT2D eigenvalue weighted by Crippen LogP contribution is 2.29. The van der Waals surface area contributed by atoms with Crippen molar-refractivity contribution in [1.29, 1.82) is 0 Å². The average molecular weight is 321 g/mol. The number of anilines is 1. The summed E-state index contributed by atoms with van der Waals surface area (Å²) in [5, 5.41) is 2.40. The monoisotopic (exact) mass is 321 g/mol. The van der Waals surface area contributed by atoms with Gasteiger partial charge in [-0.05, 0) is 44.2 Å². The number of hydrogen-bond acceptors (Lipinski definition) is 3. The maximum atomic E-state index is 13.6. The molecule has 0 atom stereocenters. The van der Waals surface area contributed by atoms with Crippen LogP contribution in [0.1, 0.15) is 24.2 Å². The second-order valence-corrected chi connectivity index (χ2v) is 4.61. The van der Waals surface area contributed by atoms with Gasteiger partial charge in [0.2, 0.25) is 0 Å². The summed E-state index contributed by atoms with van der Waals surface area (Å²) in [7, 11) is 0. The van der Waals surface area contributed by atoms with Crippen molar-refractivity contribution >= 4 is 11.6 Å². The molecule has 0 aliphatic heterocycles. The topological polar surface area (TPSA) is 47.6 Å². The molecule has 0 unspecified atom stereocenters. The molecule has 0 aliphatic carbocycles. The number of carbonyl (C=O) groups is 1. The van der Waals surface area contributed by atoms with Crippen LogP contribution in [-0.4, -0.2) is 19.1 Å². The molecular weight excluding hydrogens is 304 g/mol. The van der Waals surface area contributed by atoms with E-state index in [0.29, 0.717) is 30.8 Å². The lowest BCUT2D eigenvalue weighted by molar-refractivity contribution is 0.102. The third-order valence-corrected chi connectivity index (χ3v) is 2.98. The van der Waals surface area contributed by atoms with Gasteiger partial charge in [-0.1, -0.05) is 0 Å². The van der Waals surface area contributed by atoms with Crippen LogP contribution in [0, 0.1) is 11.6 Å². The predicted molar refractivity (Wildman–Crippen MR) is 83.1 cm³/mol. The summed E-state index contributed by atoms with van der Waals surface area (Å²) in [6.07, 6.45) is 0. The number of rotatable bonds is 6. The molecule has 23 heavy (non-hydrogen) atoms. The molecule has 0 bridgehead atoms. The van der Waals surface area contributed by atoms with E-state index in [0.717, 1.165) is 6.07 Å². The predicted octanol–water partition coefficient (Wildman–Crippen LogP) is 4.01. The highest BCUT2D eigenvalue weighted by molar-refractivity contribution is 6.04. The maximum Gasteiger partial charge on any atom is 0.255 e. The van der Waals surface area contributed by atoms with Crippen molar-refractivity contribution in [3.63, 3.8) is 0 Å². The van der Waals surface area contributed by atoms with Crippen molar-refractivity contribution < 1.29 is 23.0 Å². The first kappa shape index (κ1) is 16.7. The summed E-state index contributed by atoms with van der Waals surface area (Å²) in [5.41, 5.74) is 0.184. The standard InChI is InChI=1S/C17H17F2NO3/c1-3-22-15-8-5-11(9-16(15)23-4-2)17(21)20-14-7-6-12(18)10-13(14)19/h5-10H,3-4H2,1-2H3,(H,20,21). The summed E-state index contributed by atoms with van der Waals surface area (Å²) in [5.74, 6) is -1.12. The molecule has 0 radical (unpaired) electrons. The fraction of sp³-hybridized carbons (Fsp3) is 0.235. The molecule has 1 N–H and O–H groups in total. The zero-order chi connectivity index (χ0) is 16.8. The van der Waals surface area contributed by atoms with Gasteiger partial charge in [0.25, 0.3) is 5.91 Å². The zero-order valence-electron chi connectivity index (χ0n) is 12.9. The molecule has 1 amide bonds. The van der Waals surface area contributed by atoms with Crippen LogP contribution in [0.3, 0.4) is 0 Å². The minimum atomic E-state index is -0.839. The molecule has 0 fully saturated rings. The summed E-state index contributed by atoms with van der Waals surface area (Å²) in [4.78, 5) is 12.2. The number of hydrogen-bond donors (Lipinski definition) is 1. The fourth-order valence-electron chi connectivity index (χ4n) is 1.98. The van der Waals surface area contributed by atoms with Crippen LogP contribution in [-0.2, 0) is 0 Å². The quantitative estimate of drug-likeness (QED) is 0.874. The van der Waals surface area contributed by atoms with Crippen molar-refractivity contribution in [2.45, 2.75) is 13.8 Å². The van der Waals surface area contributed by atoms with Crippen molar-refractivity contribution in [3.05, 3.63) is 53.6 Å². The van der Waals surface area contributed by atoms with Crippen LogP contribution < -0.4 is 14.8 Å². The summed E-state index contributed by atoms with van der Waals surface area (Å²) in [6, 6.07) is 7.63. The molecule has 122 valence electrons. The van der Waals surface area contributed by atoms with E-state index in [1.165, 1.54) is 12.1 Å². The van der Waals surface area contributed by atoms with Gasteiger partial charge in [-0.25, -0.2) is 8.78 Å². The molecule has 0 aliphatic rings. The molecule has 0 saturated heterocycles. The van der Waals surface area contributed by atoms with Crippen molar-refractivity contribution in [1.82, 2.24) is 0 Å². The van der Waals surface area contributed by atoms with Crippen molar-refractivity contribution in [3.8, 4) is 11.5 Å². The number of benzene rings is 2. The Morgan fingerprint density at radius 3 is 2.35 bits per heavy atom. The van der Waals surface area contributed by atoms with Crippen LogP contribution in [0.2, 0.25) is 0 Å². The van der Waals surface area contributed by atoms with Crippen LogP contribution in [0.25, 0.3) is 0 Å². The van der Waals surface area contributed by atoms with E-state index in [-0.39, 0.29) is 11.3 Å². The Hall–Kier alpha value is -2.63. The molecule has 0 aromatic heterocycles. The lowest BCUT2D eigenvalue weighted by Gasteiger charge is -2.12. The van der Waals surface area contributed by atoms with Gasteiger partial charge in [0.15, 0.2) is 11.5 Å². The van der Waals surface area contributed by atoms with E-state index >= 15 is 0 Å². The van der Waals surface area contributed by atoms with Crippen LogP contribution in [0.5, 0.6) is 11.5 Å². The Kier molecular flexibility index (Phi) is 5.51. The van der Waals surface area contributed by atoms with E-state index in [1.807, 2.05) is 13.8 Å².